The normalized spacial score (nSPS) is 11.1. The molecule has 80 valence electrons. The van der Waals surface area contributed by atoms with Gasteiger partial charge in [-0.15, -0.1) is 0 Å². The summed E-state index contributed by atoms with van der Waals surface area (Å²) in [6, 6.07) is 7.52. The molecule has 0 radical (unpaired) electrons. The Balaban J connectivity index is 3.14. The minimum absolute atomic E-state index is 0.0226. The van der Waals surface area contributed by atoms with E-state index in [2.05, 4.69) is 27.4 Å². The van der Waals surface area contributed by atoms with Crippen LogP contribution in [0.25, 0.3) is 5.57 Å². The van der Waals surface area contributed by atoms with Crippen LogP contribution in [0.4, 0.5) is 0 Å². The molecule has 1 aromatic rings. The van der Waals surface area contributed by atoms with Gasteiger partial charge in [-0.25, -0.2) is 4.79 Å². The summed E-state index contributed by atoms with van der Waals surface area (Å²) in [6.07, 6.45) is 0. The standard InChI is InChI=1S/C13H16O2/c1-9(12(14)15)10-6-5-7-11(8-10)13(2,3)4/h5-8H,1H2,2-4H3,(H,14,15). The van der Waals surface area contributed by atoms with Crippen molar-refractivity contribution in [1.82, 2.24) is 0 Å². The second-order valence-corrected chi connectivity index (χ2v) is 4.61. The highest BCUT2D eigenvalue weighted by Gasteiger charge is 2.15. The number of aliphatic carboxylic acids is 1. The SMILES string of the molecule is C=C(C(=O)O)c1cccc(C(C)(C)C)c1. The lowest BCUT2D eigenvalue weighted by atomic mass is 9.85. The minimum Gasteiger partial charge on any atom is -0.478 e. The van der Waals surface area contributed by atoms with Crippen LogP contribution in [0.5, 0.6) is 0 Å². The Kier molecular flexibility index (Phi) is 2.98. The van der Waals surface area contributed by atoms with Crippen LogP contribution in [0.2, 0.25) is 0 Å². The largest absolute Gasteiger partial charge is 0.478 e. The van der Waals surface area contributed by atoms with Crippen LogP contribution < -0.4 is 0 Å². The quantitative estimate of drug-likeness (QED) is 0.752. The second kappa shape index (κ2) is 3.89. The lowest BCUT2D eigenvalue weighted by molar-refractivity contribution is -0.130. The van der Waals surface area contributed by atoms with E-state index in [1.54, 1.807) is 6.07 Å². The van der Waals surface area contributed by atoms with Crippen molar-refractivity contribution in [1.29, 1.82) is 0 Å². The number of carboxylic acids is 1. The highest BCUT2D eigenvalue weighted by Crippen LogP contribution is 2.24. The Morgan fingerprint density at radius 3 is 2.40 bits per heavy atom. The van der Waals surface area contributed by atoms with Gasteiger partial charge in [-0.2, -0.15) is 0 Å². The van der Waals surface area contributed by atoms with Crippen molar-refractivity contribution in [2.75, 3.05) is 0 Å². The average Bonchev–Trinajstić information content (AvgIpc) is 2.15. The number of carboxylic acid groups (broad SMARTS) is 1. The molecule has 0 fully saturated rings. The number of hydrogen-bond donors (Lipinski definition) is 1. The summed E-state index contributed by atoms with van der Waals surface area (Å²) < 4.78 is 0. The highest BCUT2D eigenvalue weighted by molar-refractivity contribution is 6.14. The van der Waals surface area contributed by atoms with Gasteiger partial charge in [0.1, 0.15) is 0 Å². The number of rotatable bonds is 2. The molecular weight excluding hydrogens is 188 g/mol. The lowest BCUT2D eigenvalue weighted by Gasteiger charge is -2.19. The van der Waals surface area contributed by atoms with Gasteiger partial charge in [0, 0.05) is 0 Å². The Morgan fingerprint density at radius 1 is 1.33 bits per heavy atom. The van der Waals surface area contributed by atoms with Crippen LogP contribution in [0.15, 0.2) is 30.8 Å². The molecule has 0 aliphatic heterocycles. The zero-order valence-corrected chi connectivity index (χ0v) is 9.37. The third-order valence-corrected chi connectivity index (χ3v) is 2.34. The summed E-state index contributed by atoms with van der Waals surface area (Å²) in [5.41, 5.74) is 1.95. The predicted molar refractivity (Wildman–Crippen MR) is 61.8 cm³/mol. The zero-order chi connectivity index (χ0) is 11.6. The van der Waals surface area contributed by atoms with E-state index in [0.29, 0.717) is 5.56 Å². The number of benzene rings is 1. The molecule has 0 amide bonds. The van der Waals surface area contributed by atoms with Gasteiger partial charge in [0.2, 0.25) is 0 Å². The smallest absolute Gasteiger partial charge is 0.335 e. The van der Waals surface area contributed by atoms with Gasteiger partial charge >= 0.3 is 5.97 Å². The molecule has 15 heavy (non-hydrogen) atoms. The molecule has 0 saturated carbocycles. The maximum absolute atomic E-state index is 10.8. The summed E-state index contributed by atoms with van der Waals surface area (Å²) in [5, 5.41) is 8.83. The molecule has 0 aliphatic carbocycles. The first-order chi connectivity index (χ1) is 6.82. The van der Waals surface area contributed by atoms with Crippen molar-refractivity contribution >= 4 is 11.5 Å². The molecule has 2 nitrogen and oxygen atoms in total. The van der Waals surface area contributed by atoms with E-state index in [1.165, 1.54) is 0 Å². The maximum atomic E-state index is 10.8. The van der Waals surface area contributed by atoms with E-state index >= 15 is 0 Å². The summed E-state index contributed by atoms with van der Waals surface area (Å²) in [5.74, 6) is -0.971. The molecule has 0 atom stereocenters. The van der Waals surface area contributed by atoms with Crippen molar-refractivity contribution in [2.45, 2.75) is 26.2 Å². The third kappa shape index (κ3) is 2.69. The number of hydrogen-bond acceptors (Lipinski definition) is 1. The van der Waals surface area contributed by atoms with E-state index < -0.39 is 5.97 Å². The molecule has 0 aromatic heterocycles. The third-order valence-electron chi connectivity index (χ3n) is 2.34. The maximum Gasteiger partial charge on any atom is 0.335 e. The van der Waals surface area contributed by atoms with Crippen LogP contribution in [0, 0.1) is 0 Å². The van der Waals surface area contributed by atoms with Crippen LogP contribution in [0.3, 0.4) is 0 Å². The Morgan fingerprint density at radius 2 is 1.93 bits per heavy atom. The van der Waals surface area contributed by atoms with E-state index in [1.807, 2.05) is 18.2 Å². The van der Waals surface area contributed by atoms with Crippen LogP contribution >= 0.6 is 0 Å². The number of carbonyl (C=O) groups is 1. The Bertz CT molecular complexity index is 397. The van der Waals surface area contributed by atoms with E-state index in [9.17, 15) is 4.79 Å². The van der Waals surface area contributed by atoms with Crippen LogP contribution in [-0.2, 0) is 10.2 Å². The molecule has 1 aromatic carbocycles. The van der Waals surface area contributed by atoms with Gasteiger partial charge in [0.25, 0.3) is 0 Å². The van der Waals surface area contributed by atoms with Gasteiger partial charge in [-0.3, -0.25) is 0 Å². The molecule has 2 heteroatoms. The predicted octanol–water partition coefficient (Wildman–Crippen LogP) is 3.08. The molecule has 1 rings (SSSR count). The first-order valence-corrected chi connectivity index (χ1v) is 4.85. The molecule has 0 aliphatic rings. The molecular formula is C13H16O2. The van der Waals surface area contributed by atoms with Crippen molar-refractivity contribution in [3.8, 4) is 0 Å². The fraction of sp³-hybridized carbons (Fsp3) is 0.308. The van der Waals surface area contributed by atoms with Crippen LogP contribution in [0.1, 0.15) is 31.9 Å². The summed E-state index contributed by atoms with van der Waals surface area (Å²) in [7, 11) is 0. The van der Waals surface area contributed by atoms with Gasteiger partial charge in [0.05, 0.1) is 5.57 Å². The Hall–Kier alpha value is -1.57. The van der Waals surface area contributed by atoms with E-state index in [-0.39, 0.29) is 11.0 Å². The molecule has 0 unspecified atom stereocenters. The van der Waals surface area contributed by atoms with Crippen LogP contribution in [-0.4, -0.2) is 11.1 Å². The molecule has 0 spiro atoms. The summed E-state index contributed by atoms with van der Waals surface area (Å²) in [4.78, 5) is 10.8. The fourth-order valence-corrected chi connectivity index (χ4v) is 1.30. The van der Waals surface area contributed by atoms with E-state index in [4.69, 9.17) is 5.11 Å². The summed E-state index contributed by atoms with van der Waals surface area (Å²) in [6.45, 7) is 9.83. The second-order valence-electron chi connectivity index (χ2n) is 4.61. The molecule has 0 saturated heterocycles. The van der Waals surface area contributed by atoms with Crippen molar-refractivity contribution in [2.24, 2.45) is 0 Å². The van der Waals surface area contributed by atoms with Gasteiger partial charge < -0.3 is 5.11 Å². The van der Waals surface area contributed by atoms with Gasteiger partial charge in [-0.1, -0.05) is 51.6 Å². The highest BCUT2D eigenvalue weighted by atomic mass is 16.4. The average molecular weight is 204 g/mol. The molecule has 0 bridgehead atoms. The lowest BCUT2D eigenvalue weighted by Crippen LogP contribution is -2.11. The van der Waals surface area contributed by atoms with Crippen molar-refractivity contribution in [3.63, 3.8) is 0 Å². The fourth-order valence-electron chi connectivity index (χ4n) is 1.30. The monoisotopic (exact) mass is 204 g/mol. The topological polar surface area (TPSA) is 37.3 Å². The summed E-state index contributed by atoms with van der Waals surface area (Å²) >= 11 is 0. The first kappa shape index (κ1) is 11.5. The van der Waals surface area contributed by atoms with E-state index in [0.717, 1.165) is 5.56 Å². The molecule has 1 N–H and O–H groups in total. The molecule has 0 heterocycles. The van der Waals surface area contributed by atoms with Crippen molar-refractivity contribution < 1.29 is 9.90 Å². The zero-order valence-electron chi connectivity index (χ0n) is 9.37. The Labute approximate surface area is 90.3 Å². The minimum atomic E-state index is -0.971. The van der Waals surface area contributed by atoms with Gasteiger partial charge in [-0.05, 0) is 16.5 Å². The van der Waals surface area contributed by atoms with Gasteiger partial charge in [0.15, 0.2) is 0 Å². The van der Waals surface area contributed by atoms with Crippen molar-refractivity contribution in [3.05, 3.63) is 42.0 Å². The first-order valence-electron chi connectivity index (χ1n) is 4.85.